The highest BCUT2D eigenvalue weighted by Crippen LogP contribution is 2.24. The highest BCUT2D eigenvalue weighted by molar-refractivity contribution is 7.89. The largest absolute Gasteiger partial charge is 0.320 e. The molecule has 2 rings (SSSR count). The molecule has 1 aliphatic rings. The van der Waals surface area contributed by atoms with Crippen molar-refractivity contribution in [3.8, 4) is 11.8 Å². The molecule has 0 amide bonds. The maximum absolute atomic E-state index is 12.4. The predicted octanol–water partition coefficient (Wildman–Crippen LogP) is 1.47. The molecule has 3 N–H and O–H groups in total. The summed E-state index contributed by atoms with van der Waals surface area (Å²) in [5.41, 5.74) is 5.84. The number of nitrogens with two attached hydrogens (primary N) is 1. The fourth-order valence-corrected chi connectivity index (χ4v) is 3.75. The van der Waals surface area contributed by atoms with Crippen LogP contribution in [-0.2, 0) is 10.0 Å². The summed E-state index contributed by atoms with van der Waals surface area (Å²) in [6, 6.07) is 6.76. The zero-order chi connectivity index (χ0) is 14.4. The van der Waals surface area contributed by atoms with Gasteiger partial charge in [-0.3, -0.25) is 0 Å². The lowest BCUT2D eigenvalue weighted by Gasteiger charge is -2.12. The number of hydrogen-bond donors (Lipinski definition) is 2. The third kappa shape index (κ3) is 3.83. The number of rotatable bonds is 4. The molecular weight excluding hydrogens is 272 g/mol. The van der Waals surface area contributed by atoms with Crippen molar-refractivity contribution in [2.24, 2.45) is 11.7 Å². The van der Waals surface area contributed by atoms with Crippen LogP contribution in [-0.4, -0.2) is 21.5 Å². The lowest BCUT2D eigenvalue weighted by molar-refractivity contribution is 0.519. The molecule has 108 valence electrons. The van der Waals surface area contributed by atoms with E-state index >= 15 is 0 Å². The molecule has 0 aliphatic heterocycles. The molecule has 20 heavy (non-hydrogen) atoms. The van der Waals surface area contributed by atoms with E-state index in [2.05, 4.69) is 16.6 Å². The van der Waals surface area contributed by atoms with Crippen LogP contribution in [0, 0.1) is 17.8 Å². The molecule has 0 heterocycles. The topological polar surface area (TPSA) is 72.2 Å². The molecular formula is C15H20N2O2S. The zero-order valence-electron chi connectivity index (χ0n) is 11.4. The van der Waals surface area contributed by atoms with Gasteiger partial charge in [0.05, 0.1) is 11.4 Å². The second-order valence-electron chi connectivity index (χ2n) is 5.00. The van der Waals surface area contributed by atoms with E-state index in [0.29, 0.717) is 18.0 Å². The van der Waals surface area contributed by atoms with Crippen LogP contribution in [0.5, 0.6) is 0 Å². The average Bonchev–Trinajstić information content (AvgIpc) is 2.97. The van der Waals surface area contributed by atoms with Gasteiger partial charge in [0.25, 0.3) is 0 Å². The number of sulfonamides is 1. The van der Waals surface area contributed by atoms with Crippen molar-refractivity contribution in [1.82, 2.24) is 4.72 Å². The third-order valence-electron chi connectivity index (χ3n) is 3.54. The Hall–Kier alpha value is -1.35. The molecule has 1 aromatic rings. The van der Waals surface area contributed by atoms with E-state index in [0.717, 1.165) is 12.8 Å². The first-order chi connectivity index (χ1) is 9.63. The highest BCUT2D eigenvalue weighted by atomic mass is 32.2. The second kappa shape index (κ2) is 6.89. The van der Waals surface area contributed by atoms with Gasteiger partial charge in [-0.15, -0.1) is 0 Å². The minimum atomic E-state index is -3.50. The van der Waals surface area contributed by atoms with Gasteiger partial charge in [-0.05, 0) is 30.9 Å². The molecule has 4 nitrogen and oxygen atoms in total. The molecule has 1 fully saturated rings. The van der Waals surface area contributed by atoms with Gasteiger partial charge in [-0.1, -0.05) is 36.8 Å². The van der Waals surface area contributed by atoms with E-state index in [1.807, 2.05) is 0 Å². The summed E-state index contributed by atoms with van der Waals surface area (Å²) >= 11 is 0. The molecule has 0 atom stereocenters. The van der Waals surface area contributed by atoms with Crippen LogP contribution in [0.1, 0.15) is 31.2 Å². The first-order valence-electron chi connectivity index (χ1n) is 6.91. The van der Waals surface area contributed by atoms with Gasteiger partial charge >= 0.3 is 0 Å². The molecule has 0 radical (unpaired) electrons. The summed E-state index contributed by atoms with van der Waals surface area (Å²) < 4.78 is 27.4. The van der Waals surface area contributed by atoms with E-state index in [9.17, 15) is 8.42 Å². The van der Waals surface area contributed by atoms with Gasteiger partial charge in [-0.2, -0.15) is 0 Å². The van der Waals surface area contributed by atoms with Crippen molar-refractivity contribution in [3.63, 3.8) is 0 Å². The Morgan fingerprint density at radius 1 is 1.25 bits per heavy atom. The molecule has 0 aromatic heterocycles. The van der Waals surface area contributed by atoms with E-state index < -0.39 is 10.0 Å². The third-order valence-corrected chi connectivity index (χ3v) is 5.02. The van der Waals surface area contributed by atoms with Gasteiger partial charge in [-0.25, -0.2) is 13.1 Å². The standard InChI is InChI=1S/C15H20N2O2S/c16-11-5-9-14-8-3-4-10-15(14)20(18,19)17-12-13-6-1-2-7-13/h3-4,8,10,13,17H,1-2,6-7,11-12,16H2. The number of nitrogens with one attached hydrogen (secondary N) is 1. The van der Waals surface area contributed by atoms with Crippen LogP contribution in [0.2, 0.25) is 0 Å². The number of hydrogen-bond acceptors (Lipinski definition) is 3. The molecule has 5 heteroatoms. The molecule has 1 aromatic carbocycles. The zero-order valence-corrected chi connectivity index (χ0v) is 12.2. The van der Waals surface area contributed by atoms with Crippen LogP contribution < -0.4 is 10.5 Å². The molecule has 1 saturated carbocycles. The molecule has 0 unspecified atom stereocenters. The van der Waals surface area contributed by atoms with Crippen molar-refractivity contribution in [3.05, 3.63) is 29.8 Å². The fourth-order valence-electron chi connectivity index (χ4n) is 2.47. The van der Waals surface area contributed by atoms with Crippen molar-refractivity contribution in [2.75, 3.05) is 13.1 Å². The Labute approximate surface area is 120 Å². The van der Waals surface area contributed by atoms with Crippen LogP contribution in [0.3, 0.4) is 0 Å². The summed E-state index contributed by atoms with van der Waals surface area (Å²) in [5.74, 6) is 5.98. The number of benzene rings is 1. The Bertz CT molecular complexity index is 608. The monoisotopic (exact) mass is 292 g/mol. The Morgan fingerprint density at radius 2 is 1.95 bits per heavy atom. The van der Waals surface area contributed by atoms with Crippen molar-refractivity contribution >= 4 is 10.0 Å². The van der Waals surface area contributed by atoms with Gasteiger partial charge in [0.1, 0.15) is 0 Å². The first kappa shape index (κ1) is 15.0. The fraction of sp³-hybridized carbons (Fsp3) is 0.467. The maximum Gasteiger partial charge on any atom is 0.241 e. The Balaban J connectivity index is 2.16. The second-order valence-corrected chi connectivity index (χ2v) is 6.74. The minimum absolute atomic E-state index is 0.212. The van der Waals surface area contributed by atoms with E-state index in [1.165, 1.54) is 12.8 Å². The molecule has 0 saturated heterocycles. The summed E-state index contributed by atoms with van der Waals surface area (Å²) in [4.78, 5) is 0.235. The highest BCUT2D eigenvalue weighted by Gasteiger charge is 2.21. The van der Waals surface area contributed by atoms with Crippen molar-refractivity contribution in [1.29, 1.82) is 0 Å². The smallest absolute Gasteiger partial charge is 0.241 e. The van der Waals surface area contributed by atoms with E-state index in [4.69, 9.17) is 5.73 Å². The lowest BCUT2D eigenvalue weighted by Crippen LogP contribution is -2.29. The molecule has 0 bridgehead atoms. The Morgan fingerprint density at radius 3 is 2.65 bits per heavy atom. The van der Waals surface area contributed by atoms with Gasteiger partial charge < -0.3 is 5.73 Å². The summed E-state index contributed by atoms with van der Waals surface area (Å²) in [7, 11) is -3.50. The molecule has 0 spiro atoms. The lowest BCUT2D eigenvalue weighted by atomic mass is 10.1. The van der Waals surface area contributed by atoms with Crippen LogP contribution in [0.15, 0.2) is 29.2 Å². The van der Waals surface area contributed by atoms with Crippen LogP contribution in [0.4, 0.5) is 0 Å². The summed E-state index contributed by atoms with van der Waals surface area (Å²) in [6.07, 6.45) is 4.62. The van der Waals surface area contributed by atoms with E-state index in [-0.39, 0.29) is 11.4 Å². The van der Waals surface area contributed by atoms with Crippen LogP contribution >= 0.6 is 0 Å². The van der Waals surface area contributed by atoms with Crippen molar-refractivity contribution < 1.29 is 8.42 Å². The Kier molecular flexibility index (Phi) is 5.18. The van der Waals surface area contributed by atoms with Gasteiger partial charge in [0.15, 0.2) is 0 Å². The first-order valence-corrected chi connectivity index (χ1v) is 8.39. The quantitative estimate of drug-likeness (QED) is 0.825. The normalized spacial score (nSPS) is 15.8. The predicted molar refractivity (Wildman–Crippen MR) is 79.5 cm³/mol. The van der Waals surface area contributed by atoms with Gasteiger partial charge in [0, 0.05) is 12.1 Å². The van der Waals surface area contributed by atoms with E-state index in [1.54, 1.807) is 24.3 Å². The average molecular weight is 292 g/mol. The van der Waals surface area contributed by atoms with Crippen molar-refractivity contribution in [2.45, 2.75) is 30.6 Å². The van der Waals surface area contributed by atoms with Crippen LogP contribution in [0.25, 0.3) is 0 Å². The summed E-state index contributed by atoms with van der Waals surface area (Å²) in [6.45, 7) is 0.727. The van der Waals surface area contributed by atoms with Gasteiger partial charge in [0.2, 0.25) is 10.0 Å². The maximum atomic E-state index is 12.4. The minimum Gasteiger partial charge on any atom is -0.320 e. The SMILES string of the molecule is NCC#Cc1ccccc1S(=O)(=O)NCC1CCCC1. The summed E-state index contributed by atoms with van der Waals surface area (Å²) in [5, 5.41) is 0. The molecule has 1 aliphatic carbocycles.